The number of nitriles is 1. The van der Waals surface area contributed by atoms with Crippen molar-refractivity contribution in [3.63, 3.8) is 0 Å². The van der Waals surface area contributed by atoms with Gasteiger partial charge in [0.2, 0.25) is 0 Å². The lowest BCUT2D eigenvalue weighted by atomic mass is 10.0. The van der Waals surface area contributed by atoms with Crippen LogP contribution in [-0.2, 0) is 11.3 Å². The number of rotatable bonds is 7. The van der Waals surface area contributed by atoms with Gasteiger partial charge in [0.15, 0.2) is 0 Å². The summed E-state index contributed by atoms with van der Waals surface area (Å²) in [6.45, 7) is 8.87. The van der Waals surface area contributed by atoms with Crippen LogP contribution in [0.1, 0.15) is 43.4 Å². The first kappa shape index (κ1) is 26.9. The molecule has 3 heterocycles. The van der Waals surface area contributed by atoms with Gasteiger partial charge in [-0.3, -0.25) is 19.1 Å². The molecule has 0 bridgehead atoms. The number of amides is 1. The number of hydrogen-bond acceptors (Lipinski definition) is 7. The summed E-state index contributed by atoms with van der Waals surface area (Å²) < 4.78 is 16.6. The molecular weight excluding hydrogens is 509 g/mol. The van der Waals surface area contributed by atoms with Crippen LogP contribution in [0, 0.1) is 24.1 Å². The summed E-state index contributed by atoms with van der Waals surface area (Å²) >= 11 is 6.63. The van der Waals surface area contributed by atoms with Crippen LogP contribution in [0.15, 0.2) is 34.0 Å². The fraction of sp³-hybridized carbons (Fsp3) is 0.407. The fourth-order valence-corrected chi connectivity index (χ4v) is 6.15. The number of piperazine rings is 1. The highest BCUT2D eigenvalue weighted by atomic mass is 32.2. The zero-order valence-corrected chi connectivity index (χ0v) is 22.9. The van der Waals surface area contributed by atoms with Gasteiger partial charge in [-0.1, -0.05) is 49.5 Å². The molecule has 2 saturated heterocycles. The van der Waals surface area contributed by atoms with E-state index in [2.05, 4.69) is 11.0 Å². The summed E-state index contributed by atoms with van der Waals surface area (Å²) in [5, 5.41) is 9.86. The normalized spacial score (nSPS) is 17.2. The van der Waals surface area contributed by atoms with Crippen LogP contribution in [0.4, 0.5) is 15.9 Å². The number of thiocarbonyl (C=S) groups is 1. The van der Waals surface area contributed by atoms with Gasteiger partial charge in [-0.05, 0) is 44.0 Å². The van der Waals surface area contributed by atoms with E-state index in [0.717, 1.165) is 12.8 Å². The highest BCUT2D eigenvalue weighted by Gasteiger charge is 2.33. The number of carbonyl (C=O) groups is 1. The summed E-state index contributed by atoms with van der Waals surface area (Å²) in [5.74, 6) is 0.269. The van der Waals surface area contributed by atoms with Gasteiger partial charge < -0.3 is 9.80 Å². The van der Waals surface area contributed by atoms with Gasteiger partial charge in [0, 0.05) is 44.8 Å². The van der Waals surface area contributed by atoms with Crippen molar-refractivity contribution in [2.75, 3.05) is 42.5 Å². The number of benzene rings is 1. The Kier molecular flexibility index (Phi) is 8.35. The number of carbonyl (C=O) groups excluding carboxylic acids is 1. The number of hydrogen-bond donors (Lipinski definition) is 0. The van der Waals surface area contributed by atoms with Gasteiger partial charge >= 0.3 is 0 Å². The van der Waals surface area contributed by atoms with Crippen molar-refractivity contribution < 1.29 is 9.18 Å². The average molecular weight is 540 g/mol. The number of nitrogens with zero attached hydrogens (tertiary/aromatic N) is 5. The molecule has 0 aliphatic carbocycles. The first-order valence-electron chi connectivity index (χ1n) is 12.5. The van der Waals surface area contributed by atoms with Crippen LogP contribution >= 0.6 is 24.0 Å². The zero-order valence-electron chi connectivity index (χ0n) is 21.3. The topological polar surface area (TPSA) is 72.6 Å². The van der Waals surface area contributed by atoms with Gasteiger partial charge in [0.05, 0.1) is 10.6 Å². The van der Waals surface area contributed by atoms with Crippen molar-refractivity contribution in [3.8, 4) is 6.07 Å². The van der Waals surface area contributed by atoms with E-state index >= 15 is 0 Å². The Bertz CT molecular complexity index is 1360. The molecule has 0 unspecified atom stereocenters. The van der Waals surface area contributed by atoms with Gasteiger partial charge in [0.25, 0.3) is 11.5 Å². The number of para-hydroxylation sites is 1. The summed E-state index contributed by atoms with van der Waals surface area (Å²) in [7, 11) is 0. The summed E-state index contributed by atoms with van der Waals surface area (Å²) in [5.41, 5.74) is 1.56. The lowest BCUT2D eigenvalue weighted by molar-refractivity contribution is -0.121. The predicted octanol–water partition coefficient (Wildman–Crippen LogP) is 4.52. The number of likely N-dealkylation sites (N-methyl/N-ethyl adjacent to an activating group) is 1. The Morgan fingerprint density at radius 3 is 2.41 bits per heavy atom. The van der Waals surface area contributed by atoms with Crippen molar-refractivity contribution in [1.29, 1.82) is 5.26 Å². The Morgan fingerprint density at radius 2 is 1.81 bits per heavy atom. The SMILES string of the molecule is CCCCn1c(N2CCN(c3ccccc3F)CC2)c(C=C2SC(=S)N(CC)C2=O)c(C)c(C#N)c1=O. The number of unbranched alkanes of at least 4 members (excludes halogenated alkanes) is 1. The molecule has 1 amide bonds. The monoisotopic (exact) mass is 539 g/mol. The van der Waals surface area contributed by atoms with Gasteiger partial charge in [-0.2, -0.15) is 5.26 Å². The maximum Gasteiger partial charge on any atom is 0.270 e. The molecule has 4 rings (SSSR count). The highest BCUT2D eigenvalue weighted by Crippen LogP contribution is 2.36. The standard InChI is InChI=1S/C27H30FN5O2S2/c1-4-6-11-33-24(31-14-12-30(13-15-31)22-10-8-7-9-21(22)28)19(18(3)20(17-29)25(33)34)16-23-26(35)32(5-2)27(36)37-23/h7-10,16H,4-6,11-15H2,1-3H3. The van der Waals surface area contributed by atoms with E-state index in [1.807, 2.05) is 24.8 Å². The van der Waals surface area contributed by atoms with E-state index in [4.69, 9.17) is 12.2 Å². The molecular formula is C27H30FN5O2S2. The third kappa shape index (κ3) is 5.15. The smallest absolute Gasteiger partial charge is 0.270 e. The fourth-order valence-electron chi connectivity index (χ4n) is 4.78. The molecule has 0 spiro atoms. The summed E-state index contributed by atoms with van der Waals surface area (Å²) in [6.07, 6.45) is 3.44. The molecule has 1 aromatic heterocycles. The molecule has 0 radical (unpaired) electrons. The van der Waals surface area contributed by atoms with E-state index in [0.29, 0.717) is 71.1 Å². The van der Waals surface area contributed by atoms with Crippen LogP contribution in [0.2, 0.25) is 0 Å². The molecule has 1 aromatic carbocycles. The molecule has 0 atom stereocenters. The lowest BCUT2D eigenvalue weighted by Crippen LogP contribution is -2.49. The van der Waals surface area contributed by atoms with E-state index in [-0.39, 0.29) is 22.8 Å². The van der Waals surface area contributed by atoms with Crippen molar-refractivity contribution in [3.05, 3.63) is 62.0 Å². The predicted molar refractivity (Wildman–Crippen MR) is 151 cm³/mol. The molecule has 194 valence electrons. The van der Waals surface area contributed by atoms with Gasteiger partial charge in [0.1, 0.15) is 27.6 Å². The Hall–Kier alpha value is -3.16. The Labute approximate surface area is 226 Å². The molecule has 2 fully saturated rings. The van der Waals surface area contributed by atoms with Crippen LogP contribution in [-0.4, -0.2) is 52.4 Å². The number of pyridine rings is 1. The largest absolute Gasteiger partial charge is 0.366 e. The van der Waals surface area contributed by atoms with E-state index in [1.165, 1.54) is 17.8 Å². The lowest BCUT2D eigenvalue weighted by Gasteiger charge is -2.39. The van der Waals surface area contributed by atoms with Crippen LogP contribution < -0.4 is 15.4 Å². The van der Waals surface area contributed by atoms with Crippen molar-refractivity contribution in [1.82, 2.24) is 9.47 Å². The van der Waals surface area contributed by atoms with Crippen molar-refractivity contribution >= 4 is 51.8 Å². The number of halogens is 1. The number of thioether (sulfide) groups is 1. The molecule has 0 saturated carbocycles. The highest BCUT2D eigenvalue weighted by molar-refractivity contribution is 8.26. The number of aromatic nitrogens is 1. The zero-order chi connectivity index (χ0) is 26.7. The molecule has 2 aliphatic heterocycles. The molecule has 2 aromatic rings. The molecule has 10 heteroatoms. The summed E-state index contributed by atoms with van der Waals surface area (Å²) in [4.78, 5) is 32.6. The molecule has 2 aliphatic rings. The van der Waals surface area contributed by atoms with Crippen molar-refractivity contribution in [2.45, 2.75) is 40.2 Å². The van der Waals surface area contributed by atoms with Gasteiger partial charge in [-0.25, -0.2) is 4.39 Å². The minimum absolute atomic E-state index is 0.0852. The Balaban J connectivity index is 1.81. The van der Waals surface area contributed by atoms with Crippen LogP contribution in [0.5, 0.6) is 0 Å². The second-order valence-corrected chi connectivity index (χ2v) is 10.7. The first-order valence-corrected chi connectivity index (χ1v) is 13.7. The van der Waals surface area contributed by atoms with Gasteiger partial charge in [-0.15, -0.1) is 0 Å². The van der Waals surface area contributed by atoms with Crippen LogP contribution in [0.25, 0.3) is 6.08 Å². The maximum atomic E-state index is 14.4. The molecule has 37 heavy (non-hydrogen) atoms. The van der Waals surface area contributed by atoms with Crippen LogP contribution in [0.3, 0.4) is 0 Å². The first-order chi connectivity index (χ1) is 17.8. The van der Waals surface area contributed by atoms with Crippen molar-refractivity contribution in [2.24, 2.45) is 0 Å². The summed E-state index contributed by atoms with van der Waals surface area (Å²) in [6, 6.07) is 8.82. The Morgan fingerprint density at radius 1 is 1.14 bits per heavy atom. The molecule has 7 nitrogen and oxygen atoms in total. The number of anilines is 2. The van der Waals surface area contributed by atoms with E-state index in [1.54, 1.807) is 34.6 Å². The second-order valence-electron chi connectivity index (χ2n) is 9.01. The minimum atomic E-state index is -0.321. The van der Waals surface area contributed by atoms with E-state index < -0.39 is 0 Å². The quantitative estimate of drug-likeness (QED) is 0.379. The third-order valence-corrected chi connectivity index (χ3v) is 8.20. The minimum Gasteiger partial charge on any atom is -0.366 e. The third-order valence-electron chi connectivity index (χ3n) is 6.82. The average Bonchev–Trinajstić information content (AvgIpc) is 3.17. The van der Waals surface area contributed by atoms with E-state index in [9.17, 15) is 19.2 Å². The maximum absolute atomic E-state index is 14.4. The molecule has 0 N–H and O–H groups in total. The second kappa shape index (κ2) is 11.5.